The van der Waals surface area contributed by atoms with E-state index >= 15 is 0 Å². The summed E-state index contributed by atoms with van der Waals surface area (Å²) in [6.07, 6.45) is 1.97. The molecule has 0 saturated heterocycles. The van der Waals surface area contributed by atoms with Crippen LogP contribution in [0.3, 0.4) is 0 Å². The SMILES string of the molecule is Cc1cc(C)c2c(c1)c1nccc3cc(C(C)(C)C)c4c5cccc(C)c5n2c4c31. The van der Waals surface area contributed by atoms with Crippen LogP contribution in [0.1, 0.15) is 43.0 Å². The Morgan fingerprint density at radius 3 is 2.30 bits per heavy atom. The third kappa shape index (κ3) is 2.06. The van der Waals surface area contributed by atoms with Crippen molar-refractivity contribution in [1.29, 1.82) is 0 Å². The van der Waals surface area contributed by atoms with E-state index in [4.69, 9.17) is 4.98 Å². The Morgan fingerprint density at radius 2 is 1.53 bits per heavy atom. The van der Waals surface area contributed by atoms with Gasteiger partial charge in [-0.3, -0.25) is 4.98 Å². The summed E-state index contributed by atoms with van der Waals surface area (Å²) in [6, 6.07) is 15.9. The molecule has 0 radical (unpaired) electrons. The Kier molecular flexibility index (Phi) is 3.25. The van der Waals surface area contributed by atoms with Gasteiger partial charge in [-0.2, -0.15) is 0 Å². The maximum atomic E-state index is 4.91. The molecule has 0 unspecified atom stereocenters. The smallest absolute Gasteiger partial charge is 0.0822 e. The van der Waals surface area contributed by atoms with Crippen LogP contribution < -0.4 is 0 Å². The van der Waals surface area contributed by atoms with Crippen LogP contribution in [0.25, 0.3) is 49.0 Å². The van der Waals surface area contributed by atoms with Gasteiger partial charge in [0.15, 0.2) is 0 Å². The highest BCUT2D eigenvalue weighted by atomic mass is 14.9. The lowest BCUT2D eigenvalue weighted by atomic mass is 9.82. The fourth-order valence-electron chi connectivity index (χ4n) is 5.55. The Hall–Kier alpha value is -3.13. The predicted octanol–water partition coefficient (Wildman–Crippen LogP) is 7.61. The zero-order valence-electron chi connectivity index (χ0n) is 18.5. The van der Waals surface area contributed by atoms with Crippen LogP contribution >= 0.6 is 0 Å². The first-order valence-electron chi connectivity index (χ1n) is 10.8. The maximum Gasteiger partial charge on any atom is 0.0822 e. The molecule has 6 rings (SSSR count). The molecule has 0 fully saturated rings. The normalized spacial score (nSPS) is 13.0. The van der Waals surface area contributed by atoms with Crippen LogP contribution in [-0.2, 0) is 5.41 Å². The fourth-order valence-corrected chi connectivity index (χ4v) is 5.55. The van der Waals surface area contributed by atoms with Crippen LogP contribution in [0.15, 0.2) is 48.7 Å². The lowest BCUT2D eigenvalue weighted by molar-refractivity contribution is 0.597. The monoisotopic (exact) mass is 390 g/mol. The van der Waals surface area contributed by atoms with Gasteiger partial charge in [-0.05, 0) is 66.5 Å². The largest absolute Gasteiger partial charge is 0.307 e. The van der Waals surface area contributed by atoms with Crippen LogP contribution in [-0.4, -0.2) is 9.38 Å². The summed E-state index contributed by atoms with van der Waals surface area (Å²) >= 11 is 0. The van der Waals surface area contributed by atoms with E-state index in [1.165, 1.54) is 65.7 Å². The van der Waals surface area contributed by atoms with Crippen molar-refractivity contribution < 1.29 is 0 Å². The maximum absolute atomic E-state index is 4.91. The highest BCUT2D eigenvalue weighted by molar-refractivity contribution is 6.29. The van der Waals surface area contributed by atoms with Gasteiger partial charge in [0.2, 0.25) is 0 Å². The number of hydrogen-bond donors (Lipinski definition) is 0. The van der Waals surface area contributed by atoms with Crippen LogP contribution in [0.2, 0.25) is 0 Å². The summed E-state index contributed by atoms with van der Waals surface area (Å²) in [7, 11) is 0. The first-order chi connectivity index (χ1) is 14.3. The van der Waals surface area contributed by atoms with E-state index in [1.807, 2.05) is 6.20 Å². The lowest BCUT2D eigenvalue weighted by Crippen LogP contribution is -2.12. The molecule has 0 aliphatic heterocycles. The predicted molar refractivity (Wildman–Crippen MR) is 129 cm³/mol. The molecule has 148 valence electrons. The average Bonchev–Trinajstić information content (AvgIpc) is 3.02. The molecule has 2 nitrogen and oxygen atoms in total. The molecule has 3 aromatic heterocycles. The third-order valence-electron chi connectivity index (χ3n) is 6.71. The topological polar surface area (TPSA) is 17.3 Å². The minimum atomic E-state index is 0.0447. The number of nitrogens with zero attached hydrogens (tertiary/aromatic N) is 2. The number of para-hydroxylation sites is 1. The number of fused-ring (bicyclic) bond motifs is 6. The first kappa shape index (κ1) is 17.7. The Labute approximate surface area is 176 Å². The van der Waals surface area contributed by atoms with Gasteiger partial charge in [0.05, 0.1) is 22.1 Å². The van der Waals surface area contributed by atoms with Gasteiger partial charge in [0.25, 0.3) is 0 Å². The van der Waals surface area contributed by atoms with Crippen molar-refractivity contribution in [3.63, 3.8) is 0 Å². The number of pyridine rings is 2. The third-order valence-corrected chi connectivity index (χ3v) is 6.71. The van der Waals surface area contributed by atoms with Gasteiger partial charge in [0, 0.05) is 27.7 Å². The van der Waals surface area contributed by atoms with Crippen molar-refractivity contribution in [1.82, 2.24) is 9.38 Å². The van der Waals surface area contributed by atoms with Crippen LogP contribution in [0.5, 0.6) is 0 Å². The second kappa shape index (κ2) is 5.51. The standard InChI is InChI=1S/C28H26N2/c1-15-12-17(3)26-20(13-15)24-22-18(10-11-29-24)14-21(28(4,5)6)23-19-9-7-8-16(2)25(19)30(26)27(22)23/h7-14H,1-6H3. The van der Waals surface area contributed by atoms with Crippen molar-refractivity contribution in [3.8, 4) is 0 Å². The molecule has 3 aromatic carbocycles. The van der Waals surface area contributed by atoms with E-state index < -0.39 is 0 Å². The first-order valence-corrected chi connectivity index (χ1v) is 10.8. The second-order valence-corrected chi connectivity index (χ2v) is 9.94. The molecular formula is C28H26N2. The molecule has 3 heterocycles. The van der Waals surface area contributed by atoms with E-state index in [-0.39, 0.29) is 5.41 Å². The summed E-state index contributed by atoms with van der Waals surface area (Å²) in [4.78, 5) is 4.91. The van der Waals surface area contributed by atoms with E-state index in [0.29, 0.717) is 0 Å². The number of benzene rings is 3. The zero-order chi connectivity index (χ0) is 20.9. The quantitative estimate of drug-likeness (QED) is 0.193. The summed E-state index contributed by atoms with van der Waals surface area (Å²) in [5.74, 6) is 0. The summed E-state index contributed by atoms with van der Waals surface area (Å²) < 4.78 is 2.54. The minimum absolute atomic E-state index is 0.0447. The van der Waals surface area contributed by atoms with Crippen molar-refractivity contribution >= 4 is 49.0 Å². The Balaban J connectivity index is 2.13. The molecule has 0 N–H and O–H groups in total. The van der Waals surface area contributed by atoms with Gasteiger partial charge in [-0.25, -0.2) is 0 Å². The molecule has 0 spiro atoms. The van der Waals surface area contributed by atoms with Crippen molar-refractivity contribution in [2.45, 2.75) is 47.0 Å². The summed E-state index contributed by atoms with van der Waals surface area (Å²) in [5.41, 5.74) is 10.4. The second-order valence-electron chi connectivity index (χ2n) is 9.94. The van der Waals surface area contributed by atoms with Crippen molar-refractivity contribution in [2.75, 3.05) is 0 Å². The van der Waals surface area contributed by atoms with Gasteiger partial charge in [0.1, 0.15) is 0 Å². The fraction of sp³-hybridized carbons (Fsp3) is 0.250. The summed E-state index contributed by atoms with van der Waals surface area (Å²) in [6.45, 7) is 13.6. The van der Waals surface area contributed by atoms with Crippen LogP contribution in [0, 0.1) is 20.8 Å². The van der Waals surface area contributed by atoms with E-state index in [2.05, 4.69) is 88.4 Å². The summed E-state index contributed by atoms with van der Waals surface area (Å²) in [5, 5.41) is 6.54. The number of hydrogen-bond acceptors (Lipinski definition) is 1. The molecule has 2 heteroatoms. The number of aryl methyl sites for hydroxylation is 3. The average molecular weight is 391 g/mol. The van der Waals surface area contributed by atoms with Crippen LogP contribution in [0.4, 0.5) is 0 Å². The van der Waals surface area contributed by atoms with E-state index in [1.54, 1.807) is 0 Å². The van der Waals surface area contributed by atoms with Gasteiger partial charge in [-0.15, -0.1) is 0 Å². The lowest BCUT2D eigenvalue weighted by Gasteiger charge is -2.23. The minimum Gasteiger partial charge on any atom is -0.307 e. The van der Waals surface area contributed by atoms with Crippen molar-refractivity contribution in [2.24, 2.45) is 0 Å². The zero-order valence-corrected chi connectivity index (χ0v) is 18.5. The molecule has 0 aliphatic rings. The Morgan fingerprint density at radius 1 is 0.767 bits per heavy atom. The number of aromatic nitrogens is 2. The van der Waals surface area contributed by atoms with E-state index in [9.17, 15) is 0 Å². The molecule has 0 saturated carbocycles. The van der Waals surface area contributed by atoms with Gasteiger partial charge < -0.3 is 4.40 Å². The molecule has 30 heavy (non-hydrogen) atoms. The molecule has 0 bridgehead atoms. The molecule has 0 aliphatic carbocycles. The van der Waals surface area contributed by atoms with Gasteiger partial charge >= 0.3 is 0 Å². The highest BCUT2D eigenvalue weighted by Crippen LogP contribution is 2.46. The van der Waals surface area contributed by atoms with Gasteiger partial charge in [-0.1, -0.05) is 50.6 Å². The van der Waals surface area contributed by atoms with E-state index in [0.717, 1.165) is 5.52 Å². The highest BCUT2D eigenvalue weighted by Gasteiger charge is 2.26. The number of rotatable bonds is 0. The molecule has 0 amide bonds. The Bertz CT molecular complexity index is 1640. The molecule has 6 aromatic rings. The molecular weight excluding hydrogens is 364 g/mol. The molecule has 0 atom stereocenters. The van der Waals surface area contributed by atoms with Crippen molar-refractivity contribution in [3.05, 3.63) is 70.9 Å².